The normalized spacial score (nSPS) is 13.3. The Morgan fingerprint density at radius 2 is 1.31 bits per heavy atom. The van der Waals surface area contributed by atoms with E-state index in [1.54, 1.807) is 23.1 Å². The van der Waals surface area contributed by atoms with Crippen molar-refractivity contribution in [3.63, 3.8) is 0 Å². The summed E-state index contributed by atoms with van der Waals surface area (Å²) in [4.78, 5) is 48.6. The van der Waals surface area contributed by atoms with Crippen molar-refractivity contribution in [2.24, 2.45) is 14.1 Å². The fourth-order valence-electron chi connectivity index (χ4n) is 6.10. The predicted molar refractivity (Wildman–Crippen MR) is 186 cm³/mol. The van der Waals surface area contributed by atoms with Gasteiger partial charge in [0.25, 0.3) is 5.91 Å². The van der Waals surface area contributed by atoms with Gasteiger partial charge in [0.15, 0.2) is 11.6 Å². The van der Waals surface area contributed by atoms with E-state index in [9.17, 15) is 28.0 Å². The van der Waals surface area contributed by atoms with Crippen molar-refractivity contribution < 1.29 is 32.7 Å². The molecule has 0 fully saturated rings. The van der Waals surface area contributed by atoms with Gasteiger partial charge in [0, 0.05) is 60.8 Å². The summed E-state index contributed by atoms with van der Waals surface area (Å²) in [5.41, 5.74) is 11.9. The number of nitrogen functional groups attached to an aromatic ring is 1. The summed E-state index contributed by atoms with van der Waals surface area (Å²) in [6.45, 7) is 5.86. The smallest absolute Gasteiger partial charge is 0.355 e. The first-order valence-electron chi connectivity index (χ1n) is 15.7. The molecule has 6 rings (SSSR count). The molecule has 9 nitrogen and oxygen atoms in total. The highest BCUT2D eigenvalue weighted by atomic mass is 35.5. The fraction of sp³-hybridized carbons (Fsp3) is 0.333. The molecule has 4 aromatic rings. The van der Waals surface area contributed by atoms with Gasteiger partial charge >= 0.3 is 5.97 Å². The molecule has 260 valence electrons. The maximum atomic E-state index is 13.2. The third-order valence-electron chi connectivity index (χ3n) is 8.60. The number of halogens is 4. The maximum absolute atomic E-state index is 13.2. The molecular formula is C36H38Cl2F2N4O5. The number of aromatic nitrogens is 2. The van der Waals surface area contributed by atoms with Crippen LogP contribution >= 0.6 is 23.2 Å². The number of ether oxygens (including phenoxy) is 1. The molecule has 0 spiro atoms. The Hall–Kier alpha value is -4.48. The van der Waals surface area contributed by atoms with Crippen LogP contribution in [-0.4, -0.2) is 39.2 Å². The molecule has 0 unspecified atom stereocenters. The number of hydrogen-bond donors (Lipinski definition) is 2. The van der Waals surface area contributed by atoms with Crippen LogP contribution in [0.1, 0.15) is 96.8 Å². The first-order chi connectivity index (χ1) is 23.2. The SMILES string of the molecule is CCOC(=O)c1c2c(c(C)n1C)C(=O)CCC2.Cc1c2c(c(C(=O)Nc3ccc(F)c(Cl)c3)n1C)CCCC2=O.Nc1ccc(F)c(Cl)c1. The Labute approximate surface area is 293 Å². The van der Waals surface area contributed by atoms with Gasteiger partial charge in [0.1, 0.15) is 23.0 Å². The lowest BCUT2D eigenvalue weighted by Gasteiger charge is -2.13. The zero-order chi connectivity index (χ0) is 36.2. The maximum Gasteiger partial charge on any atom is 0.355 e. The number of hydrogen-bond acceptors (Lipinski definition) is 6. The van der Waals surface area contributed by atoms with Crippen LogP contribution < -0.4 is 11.1 Å². The molecule has 13 heteroatoms. The average molecular weight is 716 g/mol. The number of esters is 1. The largest absolute Gasteiger partial charge is 0.461 e. The van der Waals surface area contributed by atoms with Crippen LogP contribution in [0.15, 0.2) is 36.4 Å². The number of carbonyl (C=O) groups is 4. The van der Waals surface area contributed by atoms with E-state index in [0.29, 0.717) is 54.2 Å². The van der Waals surface area contributed by atoms with Crippen LogP contribution in [0, 0.1) is 25.5 Å². The minimum atomic E-state index is -0.539. The van der Waals surface area contributed by atoms with Crippen LogP contribution in [0.5, 0.6) is 0 Å². The molecule has 0 saturated heterocycles. The van der Waals surface area contributed by atoms with Gasteiger partial charge in [-0.05, 0) is 94.0 Å². The van der Waals surface area contributed by atoms with Gasteiger partial charge in [-0.15, -0.1) is 0 Å². The van der Waals surface area contributed by atoms with E-state index in [0.717, 1.165) is 47.3 Å². The van der Waals surface area contributed by atoms with E-state index in [4.69, 9.17) is 33.7 Å². The number of amides is 1. The number of nitrogens with one attached hydrogen (secondary N) is 1. The highest BCUT2D eigenvalue weighted by Crippen LogP contribution is 2.31. The second-order valence-corrected chi connectivity index (χ2v) is 12.5. The Morgan fingerprint density at radius 3 is 1.80 bits per heavy atom. The van der Waals surface area contributed by atoms with Crippen molar-refractivity contribution in [2.45, 2.75) is 59.3 Å². The molecule has 0 saturated carbocycles. The molecule has 0 aliphatic heterocycles. The molecule has 0 radical (unpaired) electrons. The number of Topliss-reactive ketones (excluding diaryl/α,β-unsaturated/α-hetero) is 2. The van der Waals surface area contributed by atoms with Gasteiger partial charge in [-0.25, -0.2) is 13.6 Å². The van der Waals surface area contributed by atoms with Crippen molar-refractivity contribution in [1.82, 2.24) is 9.13 Å². The lowest BCUT2D eigenvalue weighted by Crippen LogP contribution is -2.19. The number of fused-ring (bicyclic) bond motifs is 2. The quantitative estimate of drug-likeness (QED) is 0.163. The number of benzene rings is 2. The predicted octanol–water partition coefficient (Wildman–Crippen LogP) is 7.99. The molecule has 1 amide bonds. The minimum absolute atomic E-state index is 0.0527. The summed E-state index contributed by atoms with van der Waals surface area (Å²) < 4.78 is 34.1. The summed E-state index contributed by atoms with van der Waals surface area (Å²) in [5, 5.41) is 2.74. The van der Waals surface area contributed by atoms with Crippen molar-refractivity contribution in [1.29, 1.82) is 0 Å². The van der Waals surface area contributed by atoms with Gasteiger partial charge in [-0.2, -0.15) is 0 Å². The topological polar surface area (TPSA) is 125 Å². The minimum Gasteiger partial charge on any atom is -0.461 e. The van der Waals surface area contributed by atoms with E-state index < -0.39 is 11.6 Å². The Morgan fingerprint density at radius 1 is 0.816 bits per heavy atom. The Balaban J connectivity index is 0.000000182. The van der Waals surface area contributed by atoms with Crippen LogP contribution in [0.3, 0.4) is 0 Å². The molecular weight excluding hydrogens is 677 g/mol. The van der Waals surface area contributed by atoms with E-state index >= 15 is 0 Å². The lowest BCUT2D eigenvalue weighted by molar-refractivity contribution is 0.0513. The third kappa shape index (κ3) is 8.05. The fourth-order valence-corrected chi connectivity index (χ4v) is 6.47. The van der Waals surface area contributed by atoms with Gasteiger partial charge < -0.3 is 24.9 Å². The second-order valence-electron chi connectivity index (χ2n) is 11.7. The zero-order valence-corrected chi connectivity index (χ0v) is 29.5. The molecule has 2 aliphatic rings. The van der Waals surface area contributed by atoms with E-state index in [1.165, 1.54) is 36.4 Å². The second kappa shape index (κ2) is 15.8. The summed E-state index contributed by atoms with van der Waals surface area (Å²) in [6, 6.07) is 8.08. The van der Waals surface area contributed by atoms with E-state index in [-0.39, 0.29) is 33.5 Å². The van der Waals surface area contributed by atoms with Crippen LogP contribution in [-0.2, 0) is 31.7 Å². The van der Waals surface area contributed by atoms with Gasteiger partial charge in [0.2, 0.25) is 0 Å². The standard InChI is InChI=1S/C17H16ClFN2O2.C13H17NO3.C6H5ClFN/c1-9-15-11(4-3-5-14(15)22)16(21(9)2)17(23)20-10-6-7-13(19)12(18)8-10;1-4-17-13(16)12-9-6-5-7-10(15)11(9)8(2)14(12)3;7-5-3-4(9)1-2-6(5)8/h6-8H,3-5H2,1-2H3,(H,20,23);4-7H2,1-3H3;1-3H,9H2. The first-order valence-corrected chi connectivity index (χ1v) is 16.5. The highest BCUT2D eigenvalue weighted by Gasteiger charge is 2.31. The van der Waals surface area contributed by atoms with Gasteiger partial charge in [-0.1, -0.05) is 23.2 Å². The monoisotopic (exact) mass is 714 g/mol. The number of rotatable bonds is 4. The van der Waals surface area contributed by atoms with Gasteiger partial charge in [-0.3, -0.25) is 14.4 Å². The lowest BCUT2D eigenvalue weighted by atomic mass is 9.91. The number of nitrogens with two attached hydrogens (primary N) is 1. The summed E-state index contributed by atoms with van der Waals surface area (Å²) in [7, 11) is 3.58. The number of ketones is 2. The zero-order valence-electron chi connectivity index (χ0n) is 27.9. The molecule has 0 atom stereocenters. The van der Waals surface area contributed by atoms with Crippen molar-refractivity contribution in [3.8, 4) is 0 Å². The van der Waals surface area contributed by atoms with Crippen molar-refractivity contribution >= 4 is 58.0 Å². The van der Waals surface area contributed by atoms with Crippen LogP contribution in [0.25, 0.3) is 0 Å². The molecule has 3 N–H and O–H groups in total. The van der Waals surface area contributed by atoms with Gasteiger partial charge in [0.05, 0.1) is 16.7 Å². The van der Waals surface area contributed by atoms with E-state index in [2.05, 4.69) is 5.32 Å². The highest BCUT2D eigenvalue weighted by molar-refractivity contribution is 6.31. The average Bonchev–Trinajstić information content (AvgIpc) is 3.47. The van der Waals surface area contributed by atoms with Crippen LogP contribution in [0.4, 0.5) is 20.2 Å². The molecule has 0 bridgehead atoms. The first kappa shape index (κ1) is 37.3. The number of anilines is 2. The summed E-state index contributed by atoms with van der Waals surface area (Å²) >= 11 is 11.1. The van der Waals surface area contributed by atoms with Crippen molar-refractivity contribution in [2.75, 3.05) is 17.7 Å². The van der Waals surface area contributed by atoms with Crippen molar-refractivity contribution in [3.05, 3.63) is 103 Å². The molecule has 2 heterocycles. The summed E-state index contributed by atoms with van der Waals surface area (Å²) in [6.07, 6.45) is 4.17. The Bertz CT molecular complexity index is 1950. The van der Waals surface area contributed by atoms with Crippen LogP contribution in [0.2, 0.25) is 10.0 Å². The molecule has 2 aromatic carbocycles. The molecule has 49 heavy (non-hydrogen) atoms. The third-order valence-corrected chi connectivity index (χ3v) is 9.18. The number of carbonyl (C=O) groups excluding carboxylic acids is 4. The molecule has 2 aromatic heterocycles. The Kier molecular flexibility index (Phi) is 12.1. The number of nitrogens with zero attached hydrogens (tertiary/aromatic N) is 2. The van der Waals surface area contributed by atoms with E-state index in [1.807, 2.05) is 20.9 Å². The molecule has 2 aliphatic carbocycles. The summed E-state index contributed by atoms with van der Waals surface area (Å²) in [5.74, 6) is -1.39.